The van der Waals surface area contributed by atoms with Crippen molar-refractivity contribution >= 4 is 0 Å². The molecule has 1 aliphatic rings. The Morgan fingerprint density at radius 1 is 1.22 bits per heavy atom. The minimum absolute atomic E-state index is 0.217. The number of hydrogen-bond donors (Lipinski definition) is 1. The summed E-state index contributed by atoms with van der Waals surface area (Å²) < 4.78 is 40.5. The molecule has 0 spiro atoms. The van der Waals surface area contributed by atoms with Crippen LogP contribution in [0.3, 0.4) is 0 Å². The van der Waals surface area contributed by atoms with E-state index < -0.39 is 12.8 Å². The van der Waals surface area contributed by atoms with Gasteiger partial charge in [0.2, 0.25) is 0 Å². The van der Waals surface area contributed by atoms with Gasteiger partial charge >= 0.3 is 6.18 Å². The largest absolute Gasteiger partial charge is 0.411 e. The third-order valence-corrected chi connectivity index (χ3v) is 3.46. The highest BCUT2D eigenvalue weighted by Gasteiger charge is 2.28. The monoisotopic (exact) mass is 267 g/mol. The van der Waals surface area contributed by atoms with E-state index in [1.54, 1.807) is 0 Å². The molecule has 1 fully saturated rings. The second-order valence-corrected chi connectivity index (χ2v) is 5.06. The second-order valence-electron chi connectivity index (χ2n) is 5.06. The summed E-state index contributed by atoms with van der Waals surface area (Å²) in [5.74, 6) is 0.471. The molecule has 0 heterocycles. The molecular formula is C13H24F3NO. The van der Waals surface area contributed by atoms with Gasteiger partial charge in [0, 0.05) is 12.6 Å². The van der Waals surface area contributed by atoms with Crippen LogP contribution in [-0.4, -0.2) is 32.0 Å². The lowest BCUT2D eigenvalue weighted by atomic mass is 9.82. The predicted molar refractivity (Wildman–Crippen MR) is 65.5 cm³/mol. The van der Waals surface area contributed by atoms with Crippen molar-refractivity contribution in [1.82, 2.24) is 5.32 Å². The highest BCUT2D eigenvalue weighted by molar-refractivity contribution is 4.80. The van der Waals surface area contributed by atoms with Gasteiger partial charge in [-0.25, -0.2) is 0 Å². The van der Waals surface area contributed by atoms with E-state index in [1.165, 1.54) is 12.8 Å². The van der Waals surface area contributed by atoms with Gasteiger partial charge in [0.1, 0.15) is 6.61 Å². The van der Waals surface area contributed by atoms with Gasteiger partial charge in [-0.05, 0) is 38.1 Å². The summed E-state index contributed by atoms with van der Waals surface area (Å²) in [6.45, 7) is 2.21. The van der Waals surface area contributed by atoms with Crippen LogP contribution in [0.4, 0.5) is 13.2 Å². The Morgan fingerprint density at radius 2 is 1.94 bits per heavy atom. The molecule has 0 aromatic heterocycles. The maximum Gasteiger partial charge on any atom is 0.411 e. The number of hydrogen-bond acceptors (Lipinski definition) is 2. The molecule has 0 aromatic carbocycles. The highest BCUT2D eigenvalue weighted by atomic mass is 19.4. The van der Waals surface area contributed by atoms with Crippen molar-refractivity contribution in [3.63, 3.8) is 0 Å². The molecule has 1 N–H and O–H groups in total. The van der Waals surface area contributed by atoms with E-state index in [0.29, 0.717) is 12.0 Å². The maximum atomic E-state index is 11.9. The molecular weight excluding hydrogens is 243 g/mol. The first kappa shape index (κ1) is 15.8. The molecule has 0 radical (unpaired) electrons. The van der Waals surface area contributed by atoms with Gasteiger partial charge < -0.3 is 10.1 Å². The van der Waals surface area contributed by atoms with Crippen LogP contribution in [0.2, 0.25) is 0 Å². The molecule has 1 aliphatic carbocycles. The molecule has 0 amide bonds. The summed E-state index contributed by atoms with van der Waals surface area (Å²) in [6, 6.07) is 0.466. The fourth-order valence-electron chi connectivity index (χ4n) is 2.57. The molecule has 18 heavy (non-hydrogen) atoms. The lowest BCUT2D eigenvalue weighted by molar-refractivity contribution is -0.174. The van der Waals surface area contributed by atoms with E-state index in [0.717, 1.165) is 32.2 Å². The number of halogens is 3. The third-order valence-electron chi connectivity index (χ3n) is 3.46. The SMILES string of the molecule is CCCNC1CCCCC1CCOCC(F)(F)F. The Labute approximate surface area is 107 Å². The van der Waals surface area contributed by atoms with Crippen LogP contribution in [-0.2, 0) is 4.74 Å². The molecule has 1 saturated carbocycles. The predicted octanol–water partition coefficient (Wildman–Crippen LogP) is 3.51. The number of ether oxygens (including phenoxy) is 1. The van der Waals surface area contributed by atoms with E-state index in [1.807, 2.05) is 0 Å². The first-order chi connectivity index (χ1) is 8.53. The van der Waals surface area contributed by atoms with Crippen molar-refractivity contribution in [1.29, 1.82) is 0 Å². The van der Waals surface area contributed by atoms with Crippen LogP contribution >= 0.6 is 0 Å². The molecule has 5 heteroatoms. The summed E-state index contributed by atoms with van der Waals surface area (Å²) in [6.07, 6.45) is 2.29. The quantitative estimate of drug-likeness (QED) is 0.713. The normalized spacial score (nSPS) is 25.3. The van der Waals surface area contributed by atoms with E-state index in [-0.39, 0.29) is 6.61 Å². The van der Waals surface area contributed by atoms with Gasteiger partial charge in [0.05, 0.1) is 0 Å². The Kier molecular flexibility index (Phi) is 7.00. The van der Waals surface area contributed by atoms with E-state index >= 15 is 0 Å². The average Bonchev–Trinajstić information content (AvgIpc) is 2.32. The number of nitrogens with one attached hydrogen (secondary N) is 1. The van der Waals surface area contributed by atoms with E-state index in [9.17, 15) is 13.2 Å². The zero-order chi connectivity index (χ0) is 13.4. The van der Waals surface area contributed by atoms with Crippen LogP contribution in [0, 0.1) is 5.92 Å². The Bertz CT molecular complexity index is 221. The smallest absolute Gasteiger partial charge is 0.372 e. The van der Waals surface area contributed by atoms with Crippen molar-refractivity contribution in [2.45, 2.75) is 57.7 Å². The molecule has 2 nitrogen and oxygen atoms in total. The molecule has 0 aromatic rings. The van der Waals surface area contributed by atoms with Gasteiger partial charge in [-0.1, -0.05) is 19.8 Å². The summed E-state index contributed by atoms with van der Waals surface area (Å²) in [7, 11) is 0. The van der Waals surface area contributed by atoms with Crippen LogP contribution in [0.25, 0.3) is 0 Å². The van der Waals surface area contributed by atoms with Gasteiger partial charge in [0.15, 0.2) is 0 Å². The fraction of sp³-hybridized carbons (Fsp3) is 1.00. The minimum Gasteiger partial charge on any atom is -0.372 e. The first-order valence-electron chi connectivity index (χ1n) is 6.91. The Balaban J connectivity index is 2.20. The van der Waals surface area contributed by atoms with Crippen molar-refractivity contribution < 1.29 is 17.9 Å². The molecule has 0 bridgehead atoms. The lowest BCUT2D eigenvalue weighted by Gasteiger charge is -2.32. The topological polar surface area (TPSA) is 21.3 Å². The van der Waals surface area contributed by atoms with Crippen molar-refractivity contribution in [2.75, 3.05) is 19.8 Å². The molecule has 1 rings (SSSR count). The second kappa shape index (κ2) is 8.00. The zero-order valence-corrected chi connectivity index (χ0v) is 11.1. The van der Waals surface area contributed by atoms with Gasteiger partial charge in [-0.15, -0.1) is 0 Å². The summed E-state index contributed by atoms with van der Waals surface area (Å²) in [5.41, 5.74) is 0. The van der Waals surface area contributed by atoms with Gasteiger partial charge in [0.25, 0.3) is 0 Å². The number of rotatable bonds is 7. The van der Waals surface area contributed by atoms with Crippen LogP contribution in [0.1, 0.15) is 45.4 Å². The maximum absolute atomic E-state index is 11.9. The third kappa shape index (κ3) is 6.59. The van der Waals surface area contributed by atoms with Crippen LogP contribution in [0.5, 0.6) is 0 Å². The van der Waals surface area contributed by atoms with Crippen molar-refractivity contribution in [3.05, 3.63) is 0 Å². The summed E-state index contributed by atoms with van der Waals surface area (Å²) in [5, 5.41) is 3.50. The van der Waals surface area contributed by atoms with Crippen molar-refractivity contribution in [3.8, 4) is 0 Å². The minimum atomic E-state index is -4.20. The van der Waals surface area contributed by atoms with Crippen LogP contribution in [0.15, 0.2) is 0 Å². The molecule has 108 valence electrons. The zero-order valence-electron chi connectivity index (χ0n) is 11.1. The van der Waals surface area contributed by atoms with Crippen LogP contribution < -0.4 is 5.32 Å². The number of alkyl halides is 3. The van der Waals surface area contributed by atoms with Crippen molar-refractivity contribution in [2.24, 2.45) is 5.92 Å². The van der Waals surface area contributed by atoms with E-state index in [4.69, 9.17) is 4.74 Å². The van der Waals surface area contributed by atoms with Gasteiger partial charge in [-0.3, -0.25) is 0 Å². The Morgan fingerprint density at radius 3 is 2.61 bits per heavy atom. The molecule has 0 saturated heterocycles. The Hall–Kier alpha value is -0.290. The summed E-state index contributed by atoms with van der Waals surface area (Å²) >= 11 is 0. The standard InChI is InChI=1S/C13H24F3NO/c1-2-8-17-12-6-4-3-5-11(12)7-9-18-10-13(14,15)16/h11-12,17H,2-10H2,1H3. The summed E-state index contributed by atoms with van der Waals surface area (Å²) in [4.78, 5) is 0. The first-order valence-corrected chi connectivity index (χ1v) is 6.91. The average molecular weight is 267 g/mol. The molecule has 2 atom stereocenters. The van der Waals surface area contributed by atoms with E-state index in [2.05, 4.69) is 12.2 Å². The highest BCUT2D eigenvalue weighted by Crippen LogP contribution is 2.27. The lowest BCUT2D eigenvalue weighted by Crippen LogP contribution is -2.39. The molecule has 2 unspecified atom stereocenters. The fourth-order valence-corrected chi connectivity index (χ4v) is 2.57. The van der Waals surface area contributed by atoms with Gasteiger partial charge in [-0.2, -0.15) is 13.2 Å². The molecule has 0 aliphatic heterocycles.